The average Bonchev–Trinajstić information content (AvgIpc) is 2.78. The maximum Gasteiger partial charge on any atom is 0.134 e. The van der Waals surface area contributed by atoms with Gasteiger partial charge in [0.1, 0.15) is 11.3 Å². The lowest BCUT2D eigenvalue weighted by Crippen LogP contribution is -2.31. The number of hydrogen-bond acceptors (Lipinski definition) is 2. The van der Waals surface area contributed by atoms with E-state index < -0.39 is 0 Å². The molecule has 2 nitrogen and oxygen atoms in total. The molecule has 0 spiro atoms. The van der Waals surface area contributed by atoms with E-state index in [9.17, 15) is 0 Å². The molecule has 0 amide bonds. The van der Waals surface area contributed by atoms with Crippen molar-refractivity contribution in [3.05, 3.63) is 36.1 Å². The number of rotatable bonds is 7. The largest absolute Gasteiger partial charge is 0.461 e. The summed E-state index contributed by atoms with van der Waals surface area (Å²) >= 11 is 0. The Kier molecular flexibility index (Phi) is 6.96. The second-order valence-corrected chi connectivity index (χ2v) is 4.89. The van der Waals surface area contributed by atoms with Crippen LogP contribution in [0.25, 0.3) is 11.0 Å². The molecule has 1 unspecified atom stereocenters. The summed E-state index contributed by atoms with van der Waals surface area (Å²) in [5.41, 5.74) is 0.998. The number of furan rings is 1. The molecule has 0 radical (unpaired) electrons. The third-order valence-electron chi connectivity index (χ3n) is 3.24. The van der Waals surface area contributed by atoms with Crippen LogP contribution in [0.1, 0.15) is 38.9 Å². The van der Waals surface area contributed by atoms with Gasteiger partial charge < -0.3 is 9.73 Å². The van der Waals surface area contributed by atoms with Crippen LogP contribution in [-0.4, -0.2) is 12.6 Å². The minimum atomic E-state index is 0. The Bertz CT molecular complexity index is 447. The van der Waals surface area contributed by atoms with Crippen molar-refractivity contribution in [1.82, 2.24) is 5.32 Å². The summed E-state index contributed by atoms with van der Waals surface area (Å²) in [4.78, 5) is 0. The number of benzene rings is 1. The fourth-order valence-electron chi connectivity index (χ4n) is 2.35. The third kappa shape index (κ3) is 4.55. The quantitative estimate of drug-likeness (QED) is 0.804. The van der Waals surface area contributed by atoms with Gasteiger partial charge in [0.25, 0.3) is 0 Å². The normalized spacial score (nSPS) is 12.3. The first-order valence-corrected chi connectivity index (χ1v) is 7.04. The van der Waals surface area contributed by atoms with Crippen LogP contribution >= 0.6 is 12.4 Å². The number of nitrogens with one attached hydrogen (secondary N) is 1. The number of halogens is 1. The SMILES string of the molecule is CCCNC(CCC)Cc1cc2ccccc2o1.Cl. The van der Waals surface area contributed by atoms with Crippen molar-refractivity contribution in [1.29, 1.82) is 0 Å². The topological polar surface area (TPSA) is 25.2 Å². The van der Waals surface area contributed by atoms with E-state index in [1.165, 1.54) is 24.6 Å². The van der Waals surface area contributed by atoms with Gasteiger partial charge in [0.2, 0.25) is 0 Å². The second kappa shape index (κ2) is 8.23. The highest BCUT2D eigenvalue weighted by molar-refractivity contribution is 5.85. The van der Waals surface area contributed by atoms with Crippen LogP contribution in [0.5, 0.6) is 0 Å². The molecule has 1 N–H and O–H groups in total. The monoisotopic (exact) mass is 281 g/mol. The summed E-state index contributed by atoms with van der Waals surface area (Å²) in [6, 6.07) is 10.9. The highest BCUT2D eigenvalue weighted by Crippen LogP contribution is 2.20. The summed E-state index contributed by atoms with van der Waals surface area (Å²) in [7, 11) is 0. The molecular formula is C16H24ClNO. The van der Waals surface area contributed by atoms with Gasteiger partial charge in [-0.15, -0.1) is 12.4 Å². The molecule has 2 aromatic rings. The van der Waals surface area contributed by atoms with Crippen LogP contribution in [0, 0.1) is 0 Å². The minimum absolute atomic E-state index is 0. The molecule has 19 heavy (non-hydrogen) atoms. The molecule has 0 saturated heterocycles. The molecule has 0 aliphatic heterocycles. The average molecular weight is 282 g/mol. The fourth-order valence-corrected chi connectivity index (χ4v) is 2.35. The highest BCUT2D eigenvalue weighted by atomic mass is 35.5. The van der Waals surface area contributed by atoms with E-state index in [0.29, 0.717) is 6.04 Å². The molecule has 2 rings (SSSR count). The van der Waals surface area contributed by atoms with Crippen molar-refractivity contribution in [2.45, 2.75) is 45.6 Å². The van der Waals surface area contributed by atoms with Gasteiger partial charge in [-0.2, -0.15) is 0 Å². The zero-order valence-corrected chi connectivity index (χ0v) is 12.6. The molecule has 0 bridgehead atoms. The molecule has 0 aliphatic rings. The van der Waals surface area contributed by atoms with Gasteiger partial charge in [-0.1, -0.05) is 38.5 Å². The van der Waals surface area contributed by atoms with E-state index in [1.54, 1.807) is 0 Å². The van der Waals surface area contributed by atoms with E-state index in [1.807, 2.05) is 12.1 Å². The Morgan fingerprint density at radius 1 is 1.16 bits per heavy atom. The van der Waals surface area contributed by atoms with Gasteiger partial charge in [-0.3, -0.25) is 0 Å². The molecular weight excluding hydrogens is 258 g/mol. The van der Waals surface area contributed by atoms with Gasteiger partial charge in [0, 0.05) is 17.8 Å². The minimum Gasteiger partial charge on any atom is -0.461 e. The Morgan fingerprint density at radius 2 is 1.95 bits per heavy atom. The summed E-state index contributed by atoms with van der Waals surface area (Å²) in [6.45, 7) is 5.53. The van der Waals surface area contributed by atoms with Crippen molar-refractivity contribution in [2.75, 3.05) is 6.54 Å². The number of para-hydroxylation sites is 1. The van der Waals surface area contributed by atoms with Crippen LogP contribution in [-0.2, 0) is 6.42 Å². The summed E-state index contributed by atoms with van der Waals surface area (Å²) in [6.07, 6.45) is 4.58. The van der Waals surface area contributed by atoms with Gasteiger partial charge in [-0.25, -0.2) is 0 Å². The molecule has 1 heterocycles. The van der Waals surface area contributed by atoms with Crippen LogP contribution in [0.3, 0.4) is 0 Å². The predicted octanol–water partition coefficient (Wildman–Crippen LogP) is 4.57. The zero-order valence-electron chi connectivity index (χ0n) is 11.8. The van der Waals surface area contributed by atoms with Crippen LogP contribution < -0.4 is 5.32 Å². The van der Waals surface area contributed by atoms with Crippen LogP contribution in [0.15, 0.2) is 34.7 Å². The van der Waals surface area contributed by atoms with Crippen molar-refractivity contribution in [3.63, 3.8) is 0 Å². The first-order chi connectivity index (χ1) is 8.83. The summed E-state index contributed by atoms with van der Waals surface area (Å²) in [5.74, 6) is 1.10. The molecule has 3 heteroatoms. The van der Waals surface area contributed by atoms with E-state index in [-0.39, 0.29) is 12.4 Å². The Balaban J connectivity index is 0.00000180. The maximum atomic E-state index is 5.88. The van der Waals surface area contributed by atoms with E-state index in [0.717, 1.165) is 24.3 Å². The van der Waals surface area contributed by atoms with Gasteiger partial charge >= 0.3 is 0 Å². The van der Waals surface area contributed by atoms with E-state index in [4.69, 9.17) is 4.42 Å². The van der Waals surface area contributed by atoms with Crippen molar-refractivity contribution in [2.24, 2.45) is 0 Å². The third-order valence-corrected chi connectivity index (χ3v) is 3.24. The van der Waals surface area contributed by atoms with E-state index in [2.05, 4.69) is 37.4 Å². The molecule has 0 saturated carbocycles. The number of fused-ring (bicyclic) bond motifs is 1. The smallest absolute Gasteiger partial charge is 0.134 e. The highest BCUT2D eigenvalue weighted by Gasteiger charge is 2.11. The summed E-state index contributed by atoms with van der Waals surface area (Å²) < 4.78 is 5.88. The van der Waals surface area contributed by atoms with Crippen LogP contribution in [0.2, 0.25) is 0 Å². The zero-order chi connectivity index (χ0) is 12.8. The Morgan fingerprint density at radius 3 is 2.63 bits per heavy atom. The number of hydrogen-bond donors (Lipinski definition) is 1. The van der Waals surface area contributed by atoms with Crippen LogP contribution in [0.4, 0.5) is 0 Å². The van der Waals surface area contributed by atoms with Gasteiger partial charge in [-0.05, 0) is 31.5 Å². The lowest BCUT2D eigenvalue weighted by atomic mass is 10.1. The van der Waals surface area contributed by atoms with Crippen molar-refractivity contribution in [3.8, 4) is 0 Å². The summed E-state index contributed by atoms with van der Waals surface area (Å²) in [5, 5.41) is 4.81. The maximum absolute atomic E-state index is 5.88. The first-order valence-electron chi connectivity index (χ1n) is 7.04. The standard InChI is InChI=1S/C16H23NO.ClH/c1-3-7-14(17-10-4-2)12-15-11-13-8-5-6-9-16(13)18-15;/h5-6,8-9,11,14,17H,3-4,7,10,12H2,1-2H3;1H. The van der Waals surface area contributed by atoms with Gasteiger partial charge in [0.05, 0.1) is 0 Å². The molecule has 1 aromatic carbocycles. The molecule has 0 aliphatic carbocycles. The van der Waals surface area contributed by atoms with Crippen molar-refractivity contribution < 1.29 is 4.42 Å². The van der Waals surface area contributed by atoms with Gasteiger partial charge in [0.15, 0.2) is 0 Å². The molecule has 1 aromatic heterocycles. The first kappa shape index (κ1) is 16.1. The van der Waals surface area contributed by atoms with E-state index >= 15 is 0 Å². The lowest BCUT2D eigenvalue weighted by molar-refractivity contribution is 0.432. The van der Waals surface area contributed by atoms with Crippen molar-refractivity contribution >= 4 is 23.4 Å². The Labute approximate surface area is 122 Å². The lowest BCUT2D eigenvalue weighted by Gasteiger charge is -2.16. The predicted molar refractivity (Wildman–Crippen MR) is 84.2 cm³/mol. The molecule has 1 atom stereocenters. The Hall–Kier alpha value is -0.990. The fraction of sp³-hybridized carbons (Fsp3) is 0.500. The molecule has 0 fully saturated rings. The molecule has 106 valence electrons. The second-order valence-electron chi connectivity index (χ2n) is 4.89.